The summed E-state index contributed by atoms with van der Waals surface area (Å²) in [4.78, 5) is 10.6. The van der Waals surface area contributed by atoms with Crippen molar-refractivity contribution in [2.75, 3.05) is 5.32 Å². The standard InChI is InChI=1S/C9H7ClF3N5O/c1-4-15-7(19-18-4)3-14-6-2-5(9(11,12)13)16-8(10)17-6/h2H,3H2,1H3,(H,14,16,17). The van der Waals surface area contributed by atoms with Crippen LogP contribution in [0, 0.1) is 6.92 Å². The van der Waals surface area contributed by atoms with Crippen LogP contribution in [0.4, 0.5) is 19.0 Å². The largest absolute Gasteiger partial charge is 0.433 e. The van der Waals surface area contributed by atoms with E-state index in [4.69, 9.17) is 16.1 Å². The summed E-state index contributed by atoms with van der Waals surface area (Å²) in [5.41, 5.74) is -1.13. The van der Waals surface area contributed by atoms with Crippen LogP contribution in [0.3, 0.4) is 0 Å². The first-order chi connectivity index (χ1) is 8.84. The van der Waals surface area contributed by atoms with E-state index >= 15 is 0 Å². The fourth-order valence-corrected chi connectivity index (χ4v) is 1.41. The molecule has 0 spiro atoms. The number of rotatable bonds is 3. The van der Waals surface area contributed by atoms with Gasteiger partial charge in [-0.25, -0.2) is 9.97 Å². The molecule has 10 heteroatoms. The highest BCUT2D eigenvalue weighted by atomic mass is 35.5. The average Bonchev–Trinajstić information content (AvgIpc) is 2.71. The highest BCUT2D eigenvalue weighted by Gasteiger charge is 2.33. The van der Waals surface area contributed by atoms with E-state index in [2.05, 4.69) is 25.4 Å². The second kappa shape index (κ2) is 5.00. The van der Waals surface area contributed by atoms with Crippen molar-refractivity contribution in [3.05, 3.63) is 28.8 Å². The summed E-state index contributed by atoms with van der Waals surface area (Å²) in [5, 5.41) is 5.63. The first-order valence-corrected chi connectivity index (χ1v) is 5.37. The molecule has 19 heavy (non-hydrogen) atoms. The number of aromatic nitrogens is 4. The molecule has 2 heterocycles. The quantitative estimate of drug-likeness (QED) is 0.876. The number of anilines is 1. The second-order valence-electron chi connectivity index (χ2n) is 3.49. The third-order valence-corrected chi connectivity index (χ3v) is 2.15. The minimum Gasteiger partial charge on any atom is -0.361 e. The summed E-state index contributed by atoms with van der Waals surface area (Å²) >= 11 is 5.43. The van der Waals surface area contributed by atoms with Gasteiger partial charge >= 0.3 is 6.18 Å². The average molecular weight is 294 g/mol. The molecule has 102 valence electrons. The Balaban J connectivity index is 2.14. The Hall–Kier alpha value is -1.90. The molecule has 0 unspecified atom stereocenters. The van der Waals surface area contributed by atoms with Gasteiger partial charge in [-0.05, 0) is 18.5 Å². The lowest BCUT2D eigenvalue weighted by molar-refractivity contribution is -0.141. The summed E-state index contributed by atoms with van der Waals surface area (Å²) in [5.74, 6) is 0.567. The third kappa shape index (κ3) is 3.53. The predicted molar refractivity (Wildman–Crippen MR) is 58.4 cm³/mol. The molecule has 0 saturated carbocycles. The third-order valence-electron chi connectivity index (χ3n) is 1.98. The van der Waals surface area contributed by atoms with E-state index in [-0.39, 0.29) is 18.3 Å². The van der Waals surface area contributed by atoms with Crippen LogP contribution in [0.2, 0.25) is 5.28 Å². The van der Waals surface area contributed by atoms with Gasteiger partial charge in [-0.15, -0.1) is 0 Å². The van der Waals surface area contributed by atoms with Crippen LogP contribution in [0.25, 0.3) is 0 Å². The molecular formula is C9H7ClF3N5O. The predicted octanol–water partition coefficient (Wildman–Crippen LogP) is 2.45. The maximum absolute atomic E-state index is 12.5. The van der Waals surface area contributed by atoms with Gasteiger partial charge in [0.05, 0.1) is 6.54 Å². The summed E-state index contributed by atoms with van der Waals surface area (Å²) in [7, 11) is 0. The first-order valence-electron chi connectivity index (χ1n) is 4.99. The van der Waals surface area contributed by atoms with Gasteiger partial charge in [0.25, 0.3) is 0 Å². The first kappa shape index (κ1) is 13.5. The zero-order valence-corrected chi connectivity index (χ0v) is 10.2. The maximum atomic E-state index is 12.5. The second-order valence-corrected chi connectivity index (χ2v) is 3.83. The molecule has 6 nitrogen and oxygen atoms in total. The lowest BCUT2D eigenvalue weighted by Crippen LogP contribution is -2.11. The van der Waals surface area contributed by atoms with E-state index in [1.165, 1.54) is 0 Å². The molecule has 0 fully saturated rings. The maximum Gasteiger partial charge on any atom is 0.433 e. The van der Waals surface area contributed by atoms with E-state index in [9.17, 15) is 13.2 Å². The summed E-state index contributed by atoms with van der Waals surface area (Å²) < 4.78 is 42.3. The van der Waals surface area contributed by atoms with Crippen LogP contribution in [-0.4, -0.2) is 20.1 Å². The van der Waals surface area contributed by atoms with Gasteiger partial charge < -0.3 is 9.84 Å². The van der Waals surface area contributed by atoms with Crippen molar-refractivity contribution in [2.24, 2.45) is 0 Å². The molecule has 2 rings (SSSR count). The molecule has 0 atom stereocenters. The summed E-state index contributed by atoms with van der Waals surface area (Å²) in [6.45, 7) is 1.65. The van der Waals surface area contributed by atoms with Gasteiger partial charge in [0.2, 0.25) is 11.2 Å². The van der Waals surface area contributed by atoms with Crippen LogP contribution in [-0.2, 0) is 12.7 Å². The Labute approximate surface area is 110 Å². The van der Waals surface area contributed by atoms with Crippen molar-refractivity contribution in [2.45, 2.75) is 19.6 Å². The highest BCUT2D eigenvalue weighted by molar-refractivity contribution is 6.28. The van der Waals surface area contributed by atoms with Gasteiger partial charge in [0.15, 0.2) is 11.5 Å². The zero-order valence-electron chi connectivity index (χ0n) is 9.49. The lowest BCUT2D eigenvalue weighted by Gasteiger charge is -2.08. The number of nitrogens with zero attached hydrogens (tertiary/aromatic N) is 4. The van der Waals surface area contributed by atoms with Gasteiger partial charge in [-0.3, -0.25) is 0 Å². The number of halogens is 4. The molecule has 0 aliphatic heterocycles. The van der Waals surface area contributed by atoms with E-state index in [1.807, 2.05) is 0 Å². The SMILES string of the molecule is Cc1noc(CNc2cc(C(F)(F)F)nc(Cl)n2)n1. The van der Waals surface area contributed by atoms with Crippen LogP contribution < -0.4 is 5.32 Å². The molecule has 0 aliphatic carbocycles. The normalized spacial score (nSPS) is 11.6. The number of nitrogens with one attached hydrogen (secondary N) is 1. The van der Waals surface area contributed by atoms with Crippen molar-refractivity contribution in [3.8, 4) is 0 Å². The van der Waals surface area contributed by atoms with Gasteiger partial charge in [0.1, 0.15) is 5.82 Å². The van der Waals surface area contributed by atoms with Gasteiger partial charge in [0, 0.05) is 6.07 Å². The highest BCUT2D eigenvalue weighted by Crippen LogP contribution is 2.29. The van der Waals surface area contributed by atoms with E-state index in [0.717, 1.165) is 6.07 Å². The van der Waals surface area contributed by atoms with Gasteiger partial charge in [-0.2, -0.15) is 18.2 Å². The van der Waals surface area contributed by atoms with E-state index in [1.54, 1.807) is 6.92 Å². The number of aryl methyl sites for hydroxylation is 1. The molecule has 1 N–H and O–H groups in total. The Morgan fingerprint density at radius 2 is 2.05 bits per heavy atom. The molecule has 0 saturated heterocycles. The Morgan fingerprint density at radius 3 is 2.63 bits per heavy atom. The fraction of sp³-hybridized carbons (Fsp3) is 0.333. The van der Waals surface area contributed by atoms with Crippen molar-refractivity contribution < 1.29 is 17.7 Å². The minimum atomic E-state index is -4.59. The van der Waals surface area contributed by atoms with E-state index < -0.39 is 17.2 Å². The number of hydrogen-bond acceptors (Lipinski definition) is 6. The topological polar surface area (TPSA) is 76.7 Å². The fourth-order valence-electron chi connectivity index (χ4n) is 1.23. The molecule has 0 radical (unpaired) electrons. The molecule has 2 aromatic rings. The molecule has 0 aliphatic rings. The number of alkyl halides is 3. The molecule has 0 bridgehead atoms. The Morgan fingerprint density at radius 1 is 1.32 bits per heavy atom. The lowest BCUT2D eigenvalue weighted by atomic mass is 10.4. The van der Waals surface area contributed by atoms with Gasteiger partial charge in [-0.1, -0.05) is 5.16 Å². The van der Waals surface area contributed by atoms with Crippen LogP contribution in [0.15, 0.2) is 10.6 Å². The smallest absolute Gasteiger partial charge is 0.361 e. The monoisotopic (exact) mass is 293 g/mol. The summed E-state index contributed by atoms with van der Waals surface area (Å²) in [6, 6.07) is 0.745. The zero-order chi connectivity index (χ0) is 14.0. The molecule has 0 amide bonds. The number of hydrogen-bond donors (Lipinski definition) is 1. The summed E-state index contributed by atoms with van der Waals surface area (Å²) in [6.07, 6.45) is -4.59. The Kier molecular flexibility index (Phi) is 3.56. The van der Waals surface area contributed by atoms with E-state index in [0.29, 0.717) is 5.82 Å². The minimum absolute atomic E-state index is 0.0332. The van der Waals surface area contributed by atoms with Crippen molar-refractivity contribution in [1.29, 1.82) is 0 Å². The molecule has 2 aromatic heterocycles. The van der Waals surface area contributed by atoms with Crippen LogP contribution in [0.5, 0.6) is 0 Å². The molecule has 0 aromatic carbocycles. The Bertz CT molecular complexity index is 585. The van der Waals surface area contributed by atoms with Crippen molar-refractivity contribution in [3.63, 3.8) is 0 Å². The van der Waals surface area contributed by atoms with Crippen molar-refractivity contribution >= 4 is 17.4 Å². The van der Waals surface area contributed by atoms with Crippen LogP contribution in [0.1, 0.15) is 17.4 Å². The van der Waals surface area contributed by atoms with Crippen molar-refractivity contribution in [1.82, 2.24) is 20.1 Å². The molecular weight excluding hydrogens is 287 g/mol. The van der Waals surface area contributed by atoms with Crippen LogP contribution >= 0.6 is 11.6 Å².